The quantitative estimate of drug-likeness (QED) is 0.208. The van der Waals surface area contributed by atoms with Crippen LogP contribution in [0.4, 0.5) is 0 Å². The van der Waals surface area contributed by atoms with Crippen LogP contribution in [-0.2, 0) is 7.05 Å². The van der Waals surface area contributed by atoms with Gasteiger partial charge in [0, 0.05) is 16.8 Å². The monoisotopic (exact) mass is 438 g/mol. The topological polar surface area (TPSA) is 26.2 Å². The Hall–Kier alpha value is -3.11. The Morgan fingerprint density at radius 2 is 1.66 bits per heavy atom. The van der Waals surface area contributed by atoms with Crippen LogP contribution >= 0.6 is 0 Å². The van der Waals surface area contributed by atoms with Gasteiger partial charge >= 0.3 is 0 Å². The van der Waals surface area contributed by atoms with Crippen molar-refractivity contribution in [3.8, 4) is 22.8 Å². The number of rotatable bonds is 1. The molecule has 1 aliphatic heterocycles. The van der Waals surface area contributed by atoms with Gasteiger partial charge in [0.05, 0.1) is 24.4 Å². The van der Waals surface area contributed by atoms with Crippen molar-refractivity contribution in [3.63, 3.8) is 0 Å². The van der Waals surface area contributed by atoms with Crippen LogP contribution < -0.4 is 14.5 Å². The van der Waals surface area contributed by atoms with Gasteiger partial charge in [0.1, 0.15) is 24.0 Å². The van der Waals surface area contributed by atoms with Crippen LogP contribution in [0.2, 0.25) is 19.6 Å². The lowest BCUT2D eigenvalue weighted by molar-refractivity contribution is -0.659. The Kier molecular flexibility index (Phi) is 3.81. The second-order valence-electron chi connectivity index (χ2n) is 10.3. The van der Waals surface area contributed by atoms with Gasteiger partial charge in [0.15, 0.2) is 11.9 Å². The number of hydrogen-bond acceptors (Lipinski definition) is 2. The molecule has 160 valence electrons. The molecule has 0 amide bonds. The zero-order valence-electron chi connectivity index (χ0n) is 19.8. The Bertz CT molecular complexity index is 1620. The molecule has 1 aliphatic rings. The lowest BCUT2D eigenvalue weighted by Gasteiger charge is -2.23. The Morgan fingerprint density at radius 1 is 0.875 bits per heavy atom. The van der Waals surface area contributed by atoms with E-state index >= 15 is 0 Å². The molecule has 0 fully saturated rings. The summed E-state index contributed by atoms with van der Waals surface area (Å²) in [7, 11) is 0.558. The van der Waals surface area contributed by atoms with Crippen molar-refractivity contribution in [3.05, 3.63) is 59.3 Å². The first-order valence-corrected chi connectivity index (χ1v) is 14.8. The standard InChI is InChI=1S/C28H28NO2Si/c1-15-13-16(2)26-22(17(15)3)25-23-18(11-12-29(25)4)14-20-24(28(23)31-26)19-9-8-10-21(27(19)30-20)32(5,6)7/h8-14H,1-7H3/q+1. The summed E-state index contributed by atoms with van der Waals surface area (Å²) in [6.45, 7) is 13.6. The molecule has 3 heterocycles. The van der Waals surface area contributed by atoms with Crippen LogP contribution in [0, 0.1) is 20.8 Å². The Balaban J connectivity index is 1.85. The first kappa shape index (κ1) is 19.6. The number of ether oxygens (including phenoxy) is 1. The van der Waals surface area contributed by atoms with Gasteiger partial charge in [0.2, 0.25) is 5.69 Å². The van der Waals surface area contributed by atoms with Gasteiger partial charge in [-0.1, -0.05) is 43.9 Å². The van der Waals surface area contributed by atoms with Gasteiger partial charge in [0.25, 0.3) is 0 Å². The fourth-order valence-corrected chi connectivity index (χ4v) is 6.80. The molecular formula is C28H28NO2Si+. The number of aryl methyl sites for hydroxylation is 3. The third kappa shape index (κ3) is 2.44. The second kappa shape index (κ2) is 6.23. The summed E-state index contributed by atoms with van der Waals surface area (Å²) in [5.41, 5.74) is 8.08. The molecule has 0 spiro atoms. The number of aromatic nitrogens is 1. The van der Waals surface area contributed by atoms with Crippen molar-refractivity contribution in [1.82, 2.24) is 0 Å². The molecule has 0 aliphatic carbocycles. The van der Waals surface area contributed by atoms with Gasteiger partial charge in [-0.3, -0.25) is 0 Å². The minimum absolute atomic E-state index is 0.901. The number of hydrogen-bond donors (Lipinski definition) is 0. The fraction of sp³-hybridized carbons (Fsp3) is 0.250. The molecule has 32 heavy (non-hydrogen) atoms. The number of fused-ring (bicyclic) bond motifs is 6. The number of nitrogens with zero attached hydrogens (tertiary/aromatic N) is 1. The van der Waals surface area contributed by atoms with E-state index in [1.165, 1.54) is 38.5 Å². The van der Waals surface area contributed by atoms with Crippen LogP contribution in [0.5, 0.6) is 11.5 Å². The van der Waals surface area contributed by atoms with Gasteiger partial charge in [-0.25, -0.2) is 4.57 Å². The summed E-state index contributed by atoms with van der Waals surface area (Å²) in [4.78, 5) is 0. The van der Waals surface area contributed by atoms with Gasteiger partial charge in [-0.15, -0.1) is 0 Å². The van der Waals surface area contributed by atoms with E-state index in [0.717, 1.165) is 38.8 Å². The van der Waals surface area contributed by atoms with Crippen molar-refractivity contribution in [1.29, 1.82) is 0 Å². The second-order valence-corrected chi connectivity index (χ2v) is 15.3. The highest BCUT2D eigenvalue weighted by Gasteiger charge is 2.34. The number of furan rings is 1. The predicted octanol–water partition coefficient (Wildman–Crippen LogP) is 6.81. The largest absolute Gasteiger partial charge is 0.456 e. The third-order valence-corrected chi connectivity index (χ3v) is 9.08. The lowest BCUT2D eigenvalue weighted by Crippen LogP contribution is -2.37. The van der Waals surface area contributed by atoms with Crippen LogP contribution in [0.25, 0.3) is 44.0 Å². The van der Waals surface area contributed by atoms with E-state index in [4.69, 9.17) is 9.15 Å². The average Bonchev–Trinajstić information content (AvgIpc) is 3.11. The van der Waals surface area contributed by atoms with Crippen LogP contribution in [0.1, 0.15) is 16.7 Å². The average molecular weight is 439 g/mol. The Morgan fingerprint density at radius 3 is 2.41 bits per heavy atom. The van der Waals surface area contributed by atoms with Crippen LogP contribution in [0.15, 0.2) is 47.0 Å². The normalized spacial score (nSPS) is 13.1. The zero-order chi connectivity index (χ0) is 22.5. The molecule has 3 aromatic carbocycles. The van der Waals surface area contributed by atoms with Crippen molar-refractivity contribution in [2.45, 2.75) is 40.4 Å². The van der Waals surface area contributed by atoms with Crippen molar-refractivity contribution >= 4 is 46.0 Å². The fourth-order valence-electron chi connectivity index (χ4n) is 5.34. The number of benzene rings is 3. The molecule has 4 heteroatoms. The maximum Gasteiger partial charge on any atom is 0.228 e. The Labute approximate surface area is 189 Å². The molecule has 3 nitrogen and oxygen atoms in total. The van der Waals surface area contributed by atoms with Crippen molar-refractivity contribution in [2.24, 2.45) is 7.05 Å². The highest BCUT2D eigenvalue weighted by Crippen LogP contribution is 2.52. The van der Waals surface area contributed by atoms with Crippen LogP contribution in [-0.4, -0.2) is 8.07 Å². The van der Waals surface area contributed by atoms with E-state index in [-0.39, 0.29) is 0 Å². The van der Waals surface area contributed by atoms with E-state index in [0.29, 0.717) is 0 Å². The van der Waals surface area contributed by atoms with Crippen LogP contribution in [0.3, 0.4) is 0 Å². The van der Waals surface area contributed by atoms with Gasteiger partial charge in [-0.2, -0.15) is 0 Å². The maximum absolute atomic E-state index is 6.81. The maximum atomic E-state index is 6.81. The SMILES string of the molecule is Cc1cc(C)c2c(c1C)-c1c3c(c4c(cc3cc[n+]1C)oc1c([Si](C)(C)C)cccc14)O2. The molecule has 0 saturated heterocycles. The summed E-state index contributed by atoms with van der Waals surface area (Å²) in [6, 6.07) is 13.2. The minimum atomic E-state index is -1.57. The molecule has 0 atom stereocenters. The summed E-state index contributed by atoms with van der Waals surface area (Å²) >= 11 is 0. The summed E-state index contributed by atoms with van der Waals surface area (Å²) < 4.78 is 15.6. The molecule has 5 aromatic rings. The van der Waals surface area contributed by atoms with E-state index in [2.05, 4.69) is 94.6 Å². The molecule has 2 aromatic heterocycles. The lowest BCUT2D eigenvalue weighted by atomic mass is 9.90. The highest BCUT2D eigenvalue weighted by atomic mass is 28.3. The number of para-hydroxylation sites is 1. The van der Waals surface area contributed by atoms with Crippen molar-refractivity contribution in [2.75, 3.05) is 0 Å². The van der Waals surface area contributed by atoms with E-state index in [1.54, 1.807) is 0 Å². The van der Waals surface area contributed by atoms with E-state index in [1.807, 2.05) is 0 Å². The summed E-state index contributed by atoms with van der Waals surface area (Å²) in [5.74, 6) is 1.89. The van der Waals surface area contributed by atoms with E-state index < -0.39 is 8.07 Å². The first-order chi connectivity index (χ1) is 15.2. The smallest absolute Gasteiger partial charge is 0.228 e. The predicted molar refractivity (Wildman–Crippen MR) is 135 cm³/mol. The molecular weight excluding hydrogens is 410 g/mol. The molecule has 6 rings (SSSR count). The van der Waals surface area contributed by atoms with Gasteiger partial charge in [-0.05, 0) is 48.7 Å². The summed E-state index contributed by atoms with van der Waals surface area (Å²) in [6.07, 6.45) is 2.15. The zero-order valence-corrected chi connectivity index (χ0v) is 20.8. The summed E-state index contributed by atoms with van der Waals surface area (Å²) in [5, 5.41) is 5.91. The molecule has 0 unspecified atom stereocenters. The molecule has 0 saturated carbocycles. The third-order valence-electron chi connectivity index (χ3n) is 7.07. The number of pyridine rings is 1. The van der Waals surface area contributed by atoms with Crippen molar-refractivity contribution < 1.29 is 13.7 Å². The minimum Gasteiger partial charge on any atom is -0.456 e. The van der Waals surface area contributed by atoms with Gasteiger partial charge < -0.3 is 9.15 Å². The molecule has 0 bridgehead atoms. The molecule has 0 radical (unpaired) electrons. The molecule has 0 N–H and O–H groups in total. The highest BCUT2D eigenvalue weighted by molar-refractivity contribution is 6.90. The first-order valence-electron chi connectivity index (χ1n) is 11.3. The van der Waals surface area contributed by atoms with E-state index in [9.17, 15) is 0 Å².